The molecule has 0 amide bonds. The topological polar surface area (TPSA) is 31.4 Å². The second kappa shape index (κ2) is 12.0. The third-order valence-corrected chi connectivity index (χ3v) is 4.36. The normalized spacial score (nSPS) is 11.4. The molecule has 0 saturated carbocycles. The fourth-order valence-corrected chi connectivity index (χ4v) is 2.49. The first kappa shape index (κ1) is 20.8. The molecule has 0 aliphatic carbocycles. The minimum absolute atomic E-state index is 0.173. The van der Waals surface area contributed by atoms with E-state index in [1.54, 1.807) is 6.20 Å². The van der Waals surface area contributed by atoms with Crippen molar-refractivity contribution in [1.82, 2.24) is 4.98 Å². The fraction of sp³-hybridized carbons (Fsp3) is 0.458. The Bertz CT molecular complexity index is 711. The molecule has 0 fully saturated rings. The quantitative estimate of drug-likeness (QED) is 0.382. The van der Waals surface area contributed by atoms with E-state index < -0.39 is 0 Å². The number of nitrogens with zero attached hydrogens (tertiary/aromatic N) is 1. The highest BCUT2D eigenvalue weighted by atomic mass is 16.5. The Labute approximate surface area is 164 Å². The first-order chi connectivity index (χ1) is 13.2. The van der Waals surface area contributed by atoms with Crippen LogP contribution in [0, 0.1) is 11.8 Å². The van der Waals surface area contributed by atoms with E-state index in [2.05, 4.69) is 30.7 Å². The number of unbranched alkanes of at least 4 members (excludes halogenated alkanes) is 4. The van der Waals surface area contributed by atoms with Gasteiger partial charge in [0.25, 0.3) is 0 Å². The lowest BCUT2D eigenvalue weighted by Gasteiger charge is -2.10. The number of hydrogen-bond acceptors (Lipinski definition) is 3. The lowest BCUT2D eigenvalue weighted by Crippen LogP contribution is -2.10. The highest BCUT2D eigenvalue weighted by molar-refractivity contribution is 5.44. The van der Waals surface area contributed by atoms with E-state index in [9.17, 15) is 0 Å². The van der Waals surface area contributed by atoms with Crippen LogP contribution < -0.4 is 9.47 Å². The maximum atomic E-state index is 5.79. The van der Waals surface area contributed by atoms with E-state index in [1.165, 1.54) is 25.7 Å². The smallest absolute Gasteiger partial charge is 0.213 e. The Hall–Kier alpha value is -2.47. The van der Waals surface area contributed by atoms with Gasteiger partial charge in [-0.2, -0.15) is 0 Å². The van der Waals surface area contributed by atoms with Crippen molar-refractivity contribution in [2.24, 2.45) is 0 Å². The summed E-state index contributed by atoms with van der Waals surface area (Å²) >= 11 is 0. The number of pyridine rings is 1. The molecule has 1 aromatic heterocycles. The summed E-state index contributed by atoms with van der Waals surface area (Å²) < 4.78 is 11.5. The molecule has 144 valence electrons. The van der Waals surface area contributed by atoms with Crippen LogP contribution in [-0.4, -0.2) is 17.7 Å². The number of hydrogen-bond donors (Lipinski definition) is 0. The molecule has 27 heavy (non-hydrogen) atoms. The Kier molecular flexibility index (Phi) is 9.27. The molecule has 0 aliphatic heterocycles. The zero-order chi connectivity index (χ0) is 19.3. The van der Waals surface area contributed by atoms with E-state index in [4.69, 9.17) is 9.47 Å². The van der Waals surface area contributed by atoms with Crippen LogP contribution in [0.5, 0.6) is 11.6 Å². The number of rotatable bonds is 10. The Morgan fingerprint density at radius 1 is 0.889 bits per heavy atom. The summed E-state index contributed by atoms with van der Waals surface area (Å²) in [4.78, 5) is 4.31. The van der Waals surface area contributed by atoms with Crippen molar-refractivity contribution >= 4 is 0 Å². The molecule has 2 aromatic rings. The largest absolute Gasteiger partial charge is 0.494 e. The van der Waals surface area contributed by atoms with Crippen molar-refractivity contribution < 1.29 is 9.47 Å². The van der Waals surface area contributed by atoms with Crippen LogP contribution in [0.1, 0.15) is 70.4 Å². The van der Waals surface area contributed by atoms with Gasteiger partial charge in [-0.1, -0.05) is 51.4 Å². The Balaban J connectivity index is 1.81. The summed E-state index contributed by atoms with van der Waals surface area (Å²) in [5.41, 5.74) is 1.84. The average molecular weight is 366 g/mol. The van der Waals surface area contributed by atoms with Crippen LogP contribution >= 0.6 is 0 Å². The van der Waals surface area contributed by atoms with Crippen LogP contribution in [-0.2, 0) is 0 Å². The van der Waals surface area contributed by atoms with Gasteiger partial charge in [0.2, 0.25) is 5.88 Å². The van der Waals surface area contributed by atoms with Gasteiger partial charge in [0.1, 0.15) is 5.75 Å². The average Bonchev–Trinajstić information content (AvgIpc) is 2.71. The second-order valence-electron chi connectivity index (χ2n) is 6.76. The molecule has 1 heterocycles. The lowest BCUT2D eigenvalue weighted by atomic mass is 10.2. The molecule has 3 nitrogen and oxygen atoms in total. The molecule has 0 aliphatic rings. The van der Waals surface area contributed by atoms with Crippen molar-refractivity contribution in [1.29, 1.82) is 0 Å². The van der Waals surface area contributed by atoms with Gasteiger partial charge in [0, 0.05) is 23.4 Å². The third-order valence-electron chi connectivity index (χ3n) is 4.36. The summed E-state index contributed by atoms with van der Waals surface area (Å²) in [6.07, 6.45) is 9.13. The minimum Gasteiger partial charge on any atom is -0.494 e. The summed E-state index contributed by atoms with van der Waals surface area (Å²) in [7, 11) is 0. The van der Waals surface area contributed by atoms with Crippen LogP contribution in [0.25, 0.3) is 0 Å². The zero-order valence-corrected chi connectivity index (χ0v) is 16.8. The van der Waals surface area contributed by atoms with Gasteiger partial charge >= 0.3 is 0 Å². The number of aromatic nitrogens is 1. The van der Waals surface area contributed by atoms with E-state index in [-0.39, 0.29) is 6.10 Å². The molecular weight excluding hydrogens is 334 g/mol. The molecule has 0 bridgehead atoms. The van der Waals surface area contributed by atoms with E-state index in [0.717, 1.165) is 36.3 Å². The van der Waals surface area contributed by atoms with Crippen molar-refractivity contribution in [3.63, 3.8) is 0 Å². The Morgan fingerprint density at radius 2 is 1.59 bits per heavy atom. The fourth-order valence-electron chi connectivity index (χ4n) is 2.49. The van der Waals surface area contributed by atoms with Gasteiger partial charge in [-0.15, -0.1) is 0 Å². The second-order valence-corrected chi connectivity index (χ2v) is 6.76. The van der Waals surface area contributed by atoms with Crippen LogP contribution in [0.3, 0.4) is 0 Å². The highest BCUT2D eigenvalue weighted by Crippen LogP contribution is 2.14. The summed E-state index contributed by atoms with van der Waals surface area (Å²) in [5.74, 6) is 7.85. The first-order valence-electron chi connectivity index (χ1n) is 10.1. The van der Waals surface area contributed by atoms with Crippen LogP contribution in [0.15, 0.2) is 42.6 Å². The van der Waals surface area contributed by atoms with E-state index >= 15 is 0 Å². The van der Waals surface area contributed by atoms with Gasteiger partial charge in [0.15, 0.2) is 0 Å². The molecule has 0 radical (unpaired) electrons. The van der Waals surface area contributed by atoms with Crippen LogP contribution in [0.2, 0.25) is 0 Å². The molecule has 0 unspecified atom stereocenters. The van der Waals surface area contributed by atoms with Gasteiger partial charge in [0.05, 0.1) is 12.7 Å². The molecular formula is C24H31NO2. The predicted octanol–water partition coefficient (Wildman–Crippen LogP) is 6.01. The van der Waals surface area contributed by atoms with Crippen LogP contribution in [0.4, 0.5) is 0 Å². The van der Waals surface area contributed by atoms with Gasteiger partial charge < -0.3 is 9.47 Å². The molecule has 0 N–H and O–H groups in total. The predicted molar refractivity (Wildman–Crippen MR) is 111 cm³/mol. The summed E-state index contributed by atoms with van der Waals surface area (Å²) in [6.45, 7) is 7.14. The molecule has 2 rings (SSSR count). The molecule has 0 saturated heterocycles. The minimum atomic E-state index is 0.173. The zero-order valence-electron chi connectivity index (χ0n) is 16.8. The van der Waals surface area contributed by atoms with Crippen molar-refractivity contribution in [2.45, 2.75) is 65.4 Å². The maximum Gasteiger partial charge on any atom is 0.213 e. The molecule has 1 atom stereocenters. The first-order valence-corrected chi connectivity index (χ1v) is 10.1. The monoisotopic (exact) mass is 365 g/mol. The van der Waals surface area contributed by atoms with Gasteiger partial charge in [-0.3, -0.25) is 0 Å². The van der Waals surface area contributed by atoms with Crippen molar-refractivity contribution in [2.75, 3.05) is 6.61 Å². The molecule has 3 heteroatoms. The van der Waals surface area contributed by atoms with Gasteiger partial charge in [-0.05, 0) is 50.1 Å². The Morgan fingerprint density at radius 3 is 2.26 bits per heavy atom. The third kappa shape index (κ3) is 8.17. The molecule has 1 aromatic carbocycles. The van der Waals surface area contributed by atoms with E-state index in [0.29, 0.717) is 5.88 Å². The van der Waals surface area contributed by atoms with E-state index in [1.807, 2.05) is 43.3 Å². The van der Waals surface area contributed by atoms with Crippen molar-refractivity contribution in [3.05, 3.63) is 53.7 Å². The number of ether oxygens (including phenoxy) is 2. The standard InChI is InChI=1S/C24H31NO2/c1-4-6-7-8-9-18-26-23-15-12-21(13-16-23)10-11-22-14-17-24(25-19-22)27-20(3)5-2/h12-17,19-20H,4-9,18H2,1-3H3/t20-/m0/s1. The highest BCUT2D eigenvalue weighted by Gasteiger charge is 2.01. The molecule has 0 spiro atoms. The SMILES string of the molecule is CCCCCCCOc1ccc(C#Cc2ccc(O[C@@H](C)CC)nc2)cc1. The number of benzene rings is 1. The summed E-state index contributed by atoms with van der Waals surface area (Å²) in [6, 6.07) is 11.8. The maximum absolute atomic E-state index is 5.79. The lowest BCUT2D eigenvalue weighted by molar-refractivity contribution is 0.208. The van der Waals surface area contributed by atoms with Crippen molar-refractivity contribution in [3.8, 4) is 23.5 Å². The summed E-state index contributed by atoms with van der Waals surface area (Å²) in [5, 5.41) is 0. The van der Waals surface area contributed by atoms with Gasteiger partial charge in [-0.25, -0.2) is 4.98 Å².